The summed E-state index contributed by atoms with van der Waals surface area (Å²) in [5.41, 5.74) is 2.28. The first kappa shape index (κ1) is 14.2. The fraction of sp³-hybridized carbons (Fsp3) is 0.600. The summed E-state index contributed by atoms with van der Waals surface area (Å²) in [6.07, 6.45) is 0.960. The maximum absolute atomic E-state index is 13.0. The molecule has 0 aliphatic heterocycles. The van der Waals surface area contributed by atoms with E-state index in [1.165, 1.54) is 5.56 Å². The Morgan fingerprint density at radius 2 is 1.88 bits per heavy atom. The highest BCUT2D eigenvalue weighted by Crippen LogP contribution is 2.20. The molecule has 0 heterocycles. The van der Waals surface area contributed by atoms with E-state index in [1.807, 2.05) is 20.0 Å². The lowest BCUT2D eigenvalue weighted by Crippen LogP contribution is -2.36. The average Bonchev–Trinajstić information content (AvgIpc) is 2.27. The molecule has 0 saturated carbocycles. The second-order valence-electron chi connectivity index (χ2n) is 5.27. The highest BCUT2D eigenvalue weighted by atomic mass is 19.1. The topological polar surface area (TPSA) is 12.0 Å². The molecule has 0 spiro atoms. The third kappa shape index (κ3) is 3.81. The molecule has 1 rings (SSSR count). The molecule has 2 atom stereocenters. The highest BCUT2D eigenvalue weighted by Gasteiger charge is 2.19. The molecule has 0 bridgehead atoms. The predicted molar refractivity (Wildman–Crippen MR) is 71.7 cm³/mol. The van der Waals surface area contributed by atoms with Crippen LogP contribution in [0.2, 0.25) is 0 Å². The molecule has 0 aliphatic carbocycles. The number of halogens is 1. The van der Waals surface area contributed by atoms with Gasteiger partial charge in [0.15, 0.2) is 0 Å². The van der Waals surface area contributed by atoms with Crippen LogP contribution in [0.5, 0.6) is 0 Å². The van der Waals surface area contributed by atoms with Gasteiger partial charge in [0, 0.05) is 6.04 Å². The lowest BCUT2D eigenvalue weighted by molar-refractivity contribution is 0.309. The third-order valence-corrected chi connectivity index (χ3v) is 3.80. The number of benzene rings is 1. The summed E-state index contributed by atoms with van der Waals surface area (Å²) in [7, 11) is 2.00. The SMILES string of the molecule is CNC(Cc1ccc(F)cc1C)C(C)C(C)C. The van der Waals surface area contributed by atoms with Crippen LogP contribution in [0.3, 0.4) is 0 Å². The van der Waals surface area contributed by atoms with E-state index < -0.39 is 0 Å². The maximum Gasteiger partial charge on any atom is 0.123 e. The molecule has 1 nitrogen and oxygen atoms in total. The fourth-order valence-corrected chi connectivity index (χ4v) is 2.14. The Balaban J connectivity index is 2.80. The first-order valence-corrected chi connectivity index (χ1v) is 6.38. The van der Waals surface area contributed by atoms with Gasteiger partial charge in [-0.1, -0.05) is 26.8 Å². The molecule has 1 aromatic rings. The summed E-state index contributed by atoms with van der Waals surface area (Å²) < 4.78 is 13.0. The van der Waals surface area contributed by atoms with Crippen LogP contribution in [-0.4, -0.2) is 13.1 Å². The van der Waals surface area contributed by atoms with Crippen LogP contribution in [0.15, 0.2) is 18.2 Å². The molecule has 0 radical (unpaired) electrons. The number of likely N-dealkylation sites (N-methyl/N-ethyl adjacent to an activating group) is 1. The number of rotatable bonds is 5. The van der Waals surface area contributed by atoms with Crippen LogP contribution in [-0.2, 0) is 6.42 Å². The van der Waals surface area contributed by atoms with Gasteiger partial charge in [-0.05, 0) is 55.5 Å². The monoisotopic (exact) mass is 237 g/mol. The zero-order valence-electron chi connectivity index (χ0n) is 11.5. The van der Waals surface area contributed by atoms with Crippen LogP contribution in [0.4, 0.5) is 4.39 Å². The molecular weight excluding hydrogens is 213 g/mol. The van der Waals surface area contributed by atoms with Gasteiger partial charge in [-0.25, -0.2) is 4.39 Å². The van der Waals surface area contributed by atoms with E-state index in [0.29, 0.717) is 17.9 Å². The Bertz CT molecular complexity index is 360. The van der Waals surface area contributed by atoms with Crippen molar-refractivity contribution >= 4 is 0 Å². The lowest BCUT2D eigenvalue weighted by Gasteiger charge is -2.27. The van der Waals surface area contributed by atoms with Gasteiger partial charge in [0.05, 0.1) is 0 Å². The highest BCUT2D eigenvalue weighted by molar-refractivity contribution is 5.27. The fourth-order valence-electron chi connectivity index (χ4n) is 2.14. The van der Waals surface area contributed by atoms with E-state index in [9.17, 15) is 4.39 Å². The zero-order valence-corrected chi connectivity index (χ0v) is 11.5. The predicted octanol–water partition coefficient (Wildman–Crippen LogP) is 3.56. The van der Waals surface area contributed by atoms with E-state index in [-0.39, 0.29) is 5.82 Å². The molecular formula is C15H24FN. The molecule has 0 aliphatic rings. The second kappa shape index (κ2) is 6.15. The molecule has 1 N–H and O–H groups in total. The van der Waals surface area contributed by atoms with E-state index in [4.69, 9.17) is 0 Å². The summed E-state index contributed by atoms with van der Waals surface area (Å²) in [6, 6.07) is 5.51. The Hall–Kier alpha value is -0.890. The van der Waals surface area contributed by atoms with Crippen molar-refractivity contribution in [3.63, 3.8) is 0 Å². The Labute approximate surface area is 104 Å². The molecule has 2 heteroatoms. The van der Waals surface area contributed by atoms with Crippen molar-refractivity contribution < 1.29 is 4.39 Å². The Morgan fingerprint density at radius 3 is 2.35 bits per heavy atom. The molecule has 0 fully saturated rings. The molecule has 17 heavy (non-hydrogen) atoms. The summed E-state index contributed by atoms with van der Waals surface area (Å²) in [5.74, 6) is 1.10. The van der Waals surface area contributed by atoms with Crippen molar-refractivity contribution in [2.24, 2.45) is 11.8 Å². The van der Waals surface area contributed by atoms with E-state index in [0.717, 1.165) is 12.0 Å². The quantitative estimate of drug-likeness (QED) is 0.825. The molecule has 0 saturated heterocycles. The third-order valence-electron chi connectivity index (χ3n) is 3.80. The minimum absolute atomic E-state index is 0.149. The van der Waals surface area contributed by atoms with Gasteiger partial charge in [0.2, 0.25) is 0 Å². The second-order valence-corrected chi connectivity index (χ2v) is 5.27. The van der Waals surface area contributed by atoms with Crippen LogP contribution in [0, 0.1) is 24.6 Å². The molecule has 0 aromatic heterocycles. The van der Waals surface area contributed by atoms with Crippen molar-refractivity contribution in [1.29, 1.82) is 0 Å². The summed E-state index contributed by atoms with van der Waals surface area (Å²) in [5, 5.41) is 3.38. The van der Waals surface area contributed by atoms with Gasteiger partial charge >= 0.3 is 0 Å². The lowest BCUT2D eigenvalue weighted by atomic mass is 9.86. The van der Waals surface area contributed by atoms with E-state index >= 15 is 0 Å². The van der Waals surface area contributed by atoms with Gasteiger partial charge < -0.3 is 5.32 Å². The summed E-state index contributed by atoms with van der Waals surface area (Å²) in [6.45, 7) is 8.73. The van der Waals surface area contributed by atoms with Gasteiger partial charge in [0.1, 0.15) is 5.82 Å². The normalized spacial score (nSPS) is 15.0. The Morgan fingerprint density at radius 1 is 1.24 bits per heavy atom. The van der Waals surface area contributed by atoms with Gasteiger partial charge in [-0.15, -0.1) is 0 Å². The van der Waals surface area contributed by atoms with Crippen molar-refractivity contribution in [2.75, 3.05) is 7.05 Å². The molecule has 1 aromatic carbocycles. The van der Waals surface area contributed by atoms with Crippen molar-refractivity contribution in [2.45, 2.75) is 40.2 Å². The van der Waals surface area contributed by atoms with Gasteiger partial charge in [-0.3, -0.25) is 0 Å². The standard InChI is InChI=1S/C15H24FN/c1-10(2)12(4)15(17-5)9-13-6-7-14(16)8-11(13)3/h6-8,10,12,15,17H,9H2,1-5H3. The number of aryl methyl sites for hydroxylation is 1. The van der Waals surface area contributed by atoms with Crippen LogP contribution in [0.1, 0.15) is 31.9 Å². The van der Waals surface area contributed by atoms with Crippen molar-refractivity contribution in [3.05, 3.63) is 35.1 Å². The largest absolute Gasteiger partial charge is 0.316 e. The minimum atomic E-state index is -0.149. The molecule has 2 unspecified atom stereocenters. The maximum atomic E-state index is 13.0. The van der Waals surface area contributed by atoms with Gasteiger partial charge in [-0.2, -0.15) is 0 Å². The van der Waals surface area contributed by atoms with Gasteiger partial charge in [0.25, 0.3) is 0 Å². The first-order valence-electron chi connectivity index (χ1n) is 6.38. The number of nitrogens with one attached hydrogen (secondary N) is 1. The van der Waals surface area contributed by atoms with Crippen LogP contribution < -0.4 is 5.32 Å². The van der Waals surface area contributed by atoms with Crippen molar-refractivity contribution in [3.8, 4) is 0 Å². The number of hydrogen-bond acceptors (Lipinski definition) is 1. The molecule has 0 amide bonds. The minimum Gasteiger partial charge on any atom is -0.316 e. The van der Waals surface area contributed by atoms with Crippen LogP contribution >= 0.6 is 0 Å². The average molecular weight is 237 g/mol. The number of hydrogen-bond donors (Lipinski definition) is 1. The smallest absolute Gasteiger partial charge is 0.123 e. The molecule has 96 valence electrons. The van der Waals surface area contributed by atoms with E-state index in [1.54, 1.807) is 12.1 Å². The summed E-state index contributed by atoms with van der Waals surface area (Å²) >= 11 is 0. The first-order chi connectivity index (χ1) is 7.95. The summed E-state index contributed by atoms with van der Waals surface area (Å²) in [4.78, 5) is 0. The Kier molecular flexibility index (Phi) is 5.13. The zero-order chi connectivity index (χ0) is 13.0. The van der Waals surface area contributed by atoms with Crippen molar-refractivity contribution in [1.82, 2.24) is 5.32 Å². The van der Waals surface area contributed by atoms with Crippen LogP contribution in [0.25, 0.3) is 0 Å². The van der Waals surface area contributed by atoms with E-state index in [2.05, 4.69) is 26.1 Å².